The molecule has 0 radical (unpaired) electrons. The minimum absolute atomic E-state index is 0.333. The van der Waals surface area contributed by atoms with Crippen LogP contribution < -0.4 is 5.73 Å². The molecular weight excluding hydrogens is 217 g/mol. The number of hydrogen-bond donors (Lipinski definition) is 2. The Labute approximate surface area is 102 Å². The summed E-state index contributed by atoms with van der Waals surface area (Å²) >= 11 is 0. The van der Waals surface area contributed by atoms with E-state index in [4.69, 9.17) is 5.73 Å². The van der Waals surface area contributed by atoms with Crippen LogP contribution in [0, 0.1) is 11.2 Å². The molecule has 0 aromatic heterocycles. The third-order valence-electron chi connectivity index (χ3n) is 4.04. The van der Waals surface area contributed by atoms with Crippen LogP contribution in [0.25, 0.3) is 0 Å². The van der Waals surface area contributed by atoms with Crippen molar-refractivity contribution in [1.82, 2.24) is 0 Å². The summed E-state index contributed by atoms with van der Waals surface area (Å²) in [6.07, 6.45) is 4.32. The van der Waals surface area contributed by atoms with E-state index < -0.39 is 6.10 Å². The number of rotatable bonds is 3. The van der Waals surface area contributed by atoms with Gasteiger partial charge in [-0.3, -0.25) is 0 Å². The van der Waals surface area contributed by atoms with Crippen molar-refractivity contribution in [2.45, 2.75) is 38.2 Å². The molecule has 3 heteroatoms. The van der Waals surface area contributed by atoms with Crippen molar-refractivity contribution >= 4 is 0 Å². The van der Waals surface area contributed by atoms with Crippen LogP contribution in [-0.4, -0.2) is 11.7 Å². The highest BCUT2D eigenvalue weighted by molar-refractivity contribution is 5.22. The molecule has 2 rings (SSSR count). The topological polar surface area (TPSA) is 46.2 Å². The lowest BCUT2D eigenvalue weighted by Gasteiger charge is -2.40. The van der Waals surface area contributed by atoms with Gasteiger partial charge in [0.1, 0.15) is 5.82 Å². The summed E-state index contributed by atoms with van der Waals surface area (Å²) in [5, 5.41) is 10.5. The maximum absolute atomic E-state index is 13.7. The van der Waals surface area contributed by atoms with Crippen molar-refractivity contribution in [3.05, 3.63) is 35.6 Å². The first kappa shape index (κ1) is 12.5. The Balaban J connectivity index is 2.28. The lowest BCUT2D eigenvalue weighted by Crippen LogP contribution is -2.38. The minimum Gasteiger partial charge on any atom is -0.388 e. The molecule has 1 aromatic carbocycles. The molecule has 0 bridgehead atoms. The zero-order chi connectivity index (χ0) is 12.3. The maximum atomic E-state index is 13.7. The molecule has 0 amide bonds. The highest BCUT2D eigenvalue weighted by Crippen LogP contribution is 2.45. The van der Waals surface area contributed by atoms with Crippen LogP contribution in [0.15, 0.2) is 24.3 Å². The molecule has 1 aliphatic carbocycles. The molecule has 0 spiro atoms. The highest BCUT2D eigenvalue weighted by Gasteiger charge is 2.39. The number of aliphatic hydroxyl groups is 1. The van der Waals surface area contributed by atoms with Gasteiger partial charge in [-0.1, -0.05) is 37.5 Å². The summed E-state index contributed by atoms with van der Waals surface area (Å²) in [5.74, 6) is -0.335. The number of nitrogens with two attached hydrogens (primary N) is 1. The predicted octanol–water partition coefficient (Wildman–Crippen LogP) is 2.77. The fourth-order valence-corrected chi connectivity index (χ4v) is 2.87. The van der Waals surface area contributed by atoms with Crippen LogP contribution in [0.3, 0.4) is 0 Å². The fourth-order valence-electron chi connectivity index (χ4n) is 2.87. The van der Waals surface area contributed by atoms with Gasteiger partial charge in [-0.25, -0.2) is 4.39 Å². The minimum atomic E-state index is -0.783. The quantitative estimate of drug-likeness (QED) is 0.849. The van der Waals surface area contributed by atoms with Crippen molar-refractivity contribution < 1.29 is 9.50 Å². The smallest absolute Gasteiger partial charge is 0.129 e. The van der Waals surface area contributed by atoms with Crippen molar-refractivity contribution in [3.8, 4) is 0 Å². The molecule has 1 saturated carbocycles. The van der Waals surface area contributed by atoms with E-state index in [1.165, 1.54) is 12.5 Å². The summed E-state index contributed by atoms with van der Waals surface area (Å²) in [6, 6.07) is 6.45. The van der Waals surface area contributed by atoms with Gasteiger partial charge in [0.15, 0.2) is 0 Å². The third kappa shape index (κ3) is 2.35. The zero-order valence-corrected chi connectivity index (χ0v) is 10.0. The molecule has 0 heterocycles. The second kappa shape index (κ2) is 5.15. The normalized spacial score (nSPS) is 21.1. The summed E-state index contributed by atoms with van der Waals surface area (Å²) in [6.45, 7) is 0.419. The number of halogens is 1. The van der Waals surface area contributed by atoms with Gasteiger partial charge in [0, 0.05) is 17.5 Å². The Hall–Kier alpha value is -0.930. The Bertz CT molecular complexity index is 374. The molecule has 1 unspecified atom stereocenters. The van der Waals surface area contributed by atoms with Crippen LogP contribution in [0.2, 0.25) is 0 Å². The van der Waals surface area contributed by atoms with Gasteiger partial charge in [-0.05, 0) is 18.9 Å². The molecule has 0 aliphatic heterocycles. The molecule has 1 atom stereocenters. The van der Waals surface area contributed by atoms with Gasteiger partial charge >= 0.3 is 0 Å². The second-order valence-corrected chi connectivity index (χ2v) is 5.05. The van der Waals surface area contributed by atoms with Gasteiger partial charge in [0.05, 0.1) is 6.10 Å². The summed E-state index contributed by atoms with van der Waals surface area (Å²) in [5.41, 5.74) is 5.90. The predicted molar refractivity (Wildman–Crippen MR) is 65.9 cm³/mol. The first-order valence-corrected chi connectivity index (χ1v) is 6.32. The van der Waals surface area contributed by atoms with Crippen LogP contribution in [0.4, 0.5) is 4.39 Å². The average molecular weight is 237 g/mol. The molecule has 94 valence electrons. The van der Waals surface area contributed by atoms with Crippen molar-refractivity contribution in [1.29, 1.82) is 0 Å². The summed E-state index contributed by atoms with van der Waals surface area (Å²) in [4.78, 5) is 0. The lowest BCUT2D eigenvalue weighted by molar-refractivity contribution is -0.00153. The second-order valence-electron chi connectivity index (χ2n) is 5.05. The maximum Gasteiger partial charge on any atom is 0.129 e. The Morgan fingerprint density at radius 2 is 1.88 bits per heavy atom. The van der Waals surface area contributed by atoms with E-state index in [1.54, 1.807) is 18.2 Å². The Kier molecular flexibility index (Phi) is 3.79. The zero-order valence-electron chi connectivity index (χ0n) is 10.0. The van der Waals surface area contributed by atoms with Crippen LogP contribution in [0.1, 0.15) is 43.8 Å². The van der Waals surface area contributed by atoms with Gasteiger partial charge in [0.2, 0.25) is 0 Å². The van der Waals surface area contributed by atoms with Gasteiger partial charge in [0.25, 0.3) is 0 Å². The van der Waals surface area contributed by atoms with E-state index in [0.29, 0.717) is 12.1 Å². The number of hydrogen-bond acceptors (Lipinski definition) is 2. The van der Waals surface area contributed by atoms with Crippen molar-refractivity contribution in [3.63, 3.8) is 0 Å². The van der Waals surface area contributed by atoms with Crippen LogP contribution in [-0.2, 0) is 0 Å². The molecule has 1 aromatic rings. The van der Waals surface area contributed by atoms with Crippen LogP contribution >= 0.6 is 0 Å². The van der Waals surface area contributed by atoms with E-state index in [2.05, 4.69) is 0 Å². The van der Waals surface area contributed by atoms with Crippen molar-refractivity contribution in [2.24, 2.45) is 11.1 Å². The standard InChI is InChI=1S/C14H20FNO/c15-12-7-3-2-6-11(12)13(17)14(10-16)8-4-1-5-9-14/h2-3,6-7,13,17H,1,4-5,8-10,16H2. The molecule has 0 saturated heterocycles. The first-order valence-electron chi connectivity index (χ1n) is 6.32. The summed E-state index contributed by atoms with van der Waals surface area (Å²) in [7, 11) is 0. The molecule has 17 heavy (non-hydrogen) atoms. The molecule has 3 N–H and O–H groups in total. The Morgan fingerprint density at radius 1 is 1.24 bits per heavy atom. The summed E-state index contributed by atoms with van der Waals surface area (Å²) < 4.78 is 13.7. The van der Waals surface area contributed by atoms with Gasteiger partial charge in [-0.2, -0.15) is 0 Å². The lowest BCUT2D eigenvalue weighted by atomic mass is 9.68. The molecule has 2 nitrogen and oxygen atoms in total. The monoisotopic (exact) mass is 237 g/mol. The number of aliphatic hydroxyl groups excluding tert-OH is 1. The van der Waals surface area contributed by atoms with Gasteiger partial charge in [-0.15, -0.1) is 0 Å². The fraction of sp³-hybridized carbons (Fsp3) is 0.571. The SMILES string of the molecule is NCC1(C(O)c2ccccc2F)CCCCC1. The highest BCUT2D eigenvalue weighted by atomic mass is 19.1. The van der Waals surface area contributed by atoms with E-state index in [9.17, 15) is 9.50 Å². The molecular formula is C14H20FNO. The first-order chi connectivity index (χ1) is 8.19. The van der Waals surface area contributed by atoms with E-state index in [1.807, 2.05) is 0 Å². The van der Waals surface area contributed by atoms with E-state index in [-0.39, 0.29) is 11.2 Å². The Morgan fingerprint density at radius 3 is 2.47 bits per heavy atom. The van der Waals surface area contributed by atoms with E-state index >= 15 is 0 Å². The molecule has 1 fully saturated rings. The van der Waals surface area contributed by atoms with Crippen LogP contribution in [0.5, 0.6) is 0 Å². The van der Waals surface area contributed by atoms with E-state index in [0.717, 1.165) is 25.7 Å². The number of benzene rings is 1. The van der Waals surface area contributed by atoms with Crippen molar-refractivity contribution in [2.75, 3.05) is 6.54 Å². The average Bonchev–Trinajstić information content (AvgIpc) is 2.39. The third-order valence-corrected chi connectivity index (χ3v) is 4.04. The van der Waals surface area contributed by atoms with Gasteiger partial charge < -0.3 is 10.8 Å². The largest absolute Gasteiger partial charge is 0.388 e. The molecule has 1 aliphatic rings.